The van der Waals surface area contributed by atoms with E-state index in [4.69, 9.17) is 9.15 Å². The van der Waals surface area contributed by atoms with E-state index >= 15 is 0 Å². The van der Waals surface area contributed by atoms with Crippen LogP contribution in [0.2, 0.25) is 0 Å². The molecule has 3 atom stereocenters. The molecule has 0 unspecified atom stereocenters. The SMILES string of the molecule is Cc1ccc(C(=O)N2CC[C@@H]3[C@@H](CO[C@H]3CNc3ncccn3)C2)o1. The molecule has 2 aromatic heterocycles. The summed E-state index contributed by atoms with van der Waals surface area (Å²) in [5.41, 5.74) is 0. The van der Waals surface area contributed by atoms with Gasteiger partial charge in [0, 0.05) is 37.9 Å². The standard InChI is InChI=1S/C18H22N4O3/c1-12-3-4-15(25-12)17(23)22-8-5-14-13(10-22)11-24-16(14)9-21-18-19-6-2-7-20-18/h2-4,6-7,13-14,16H,5,8-11H2,1H3,(H,19,20,21)/t13-,14-,16+/m1/s1. The number of carbonyl (C=O) groups is 1. The zero-order valence-corrected chi connectivity index (χ0v) is 14.2. The number of furan rings is 1. The van der Waals surface area contributed by atoms with Gasteiger partial charge in [0.05, 0.1) is 12.7 Å². The highest BCUT2D eigenvalue weighted by molar-refractivity contribution is 5.91. The Kier molecular flexibility index (Phi) is 4.40. The zero-order chi connectivity index (χ0) is 17.2. The van der Waals surface area contributed by atoms with Crippen molar-refractivity contribution in [2.24, 2.45) is 11.8 Å². The van der Waals surface area contributed by atoms with Crippen molar-refractivity contribution >= 4 is 11.9 Å². The third kappa shape index (κ3) is 3.37. The molecule has 1 N–H and O–H groups in total. The highest BCUT2D eigenvalue weighted by atomic mass is 16.5. The number of ether oxygens (including phenoxy) is 1. The lowest BCUT2D eigenvalue weighted by atomic mass is 9.84. The van der Waals surface area contributed by atoms with Crippen LogP contribution in [0.5, 0.6) is 0 Å². The van der Waals surface area contributed by atoms with Crippen molar-refractivity contribution in [1.82, 2.24) is 14.9 Å². The fourth-order valence-electron chi connectivity index (χ4n) is 3.77. The molecule has 0 aliphatic carbocycles. The Morgan fingerprint density at radius 3 is 2.96 bits per heavy atom. The minimum Gasteiger partial charge on any atom is -0.456 e. The monoisotopic (exact) mass is 342 g/mol. The second-order valence-corrected chi connectivity index (χ2v) is 6.70. The molecule has 0 spiro atoms. The second kappa shape index (κ2) is 6.84. The Morgan fingerprint density at radius 1 is 1.36 bits per heavy atom. The predicted octanol–water partition coefficient (Wildman–Crippen LogP) is 1.97. The van der Waals surface area contributed by atoms with Crippen molar-refractivity contribution in [3.63, 3.8) is 0 Å². The number of likely N-dealkylation sites (tertiary alicyclic amines) is 1. The lowest BCUT2D eigenvalue weighted by Crippen LogP contribution is -2.45. The van der Waals surface area contributed by atoms with Gasteiger partial charge in [-0.3, -0.25) is 4.79 Å². The molecule has 7 nitrogen and oxygen atoms in total. The smallest absolute Gasteiger partial charge is 0.289 e. The van der Waals surface area contributed by atoms with Crippen LogP contribution >= 0.6 is 0 Å². The van der Waals surface area contributed by atoms with Gasteiger partial charge >= 0.3 is 0 Å². The summed E-state index contributed by atoms with van der Waals surface area (Å²) in [4.78, 5) is 22.8. The molecule has 0 saturated carbocycles. The highest BCUT2D eigenvalue weighted by Crippen LogP contribution is 2.35. The molecule has 2 aliphatic heterocycles. The number of hydrogen-bond donors (Lipinski definition) is 1. The molecule has 25 heavy (non-hydrogen) atoms. The topological polar surface area (TPSA) is 80.5 Å². The van der Waals surface area contributed by atoms with Gasteiger partial charge in [-0.2, -0.15) is 0 Å². The number of nitrogens with one attached hydrogen (secondary N) is 1. The first kappa shape index (κ1) is 16.1. The van der Waals surface area contributed by atoms with Gasteiger partial charge in [-0.25, -0.2) is 9.97 Å². The average molecular weight is 342 g/mol. The molecular weight excluding hydrogens is 320 g/mol. The van der Waals surface area contributed by atoms with Gasteiger partial charge in [0.2, 0.25) is 5.95 Å². The van der Waals surface area contributed by atoms with E-state index in [-0.39, 0.29) is 12.0 Å². The first-order valence-corrected chi connectivity index (χ1v) is 8.69. The Labute approximate surface area is 146 Å². The molecule has 132 valence electrons. The predicted molar refractivity (Wildman–Crippen MR) is 91.2 cm³/mol. The van der Waals surface area contributed by atoms with Crippen LogP contribution in [0.15, 0.2) is 35.0 Å². The average Bonchev–Trinajstić information content (AvgIpc) is 3.26. The van der Waals surface area contributed by atoms with Crippen LogP contribution in [0.25, 0.3) is 0 Å². The van der Waals surface area contributed by atoms with Crippen molar-refractivity contribution in [2.45, 2.75) is 19.4 Å². The fraction of sp³-hybridized carbons (Fsp3) is 0.500. The molecule has 2 saturated heterocycles. The number of nitrogens with zero attached hydrogens (tertiary/aromatic N) is 3. The van der Waals surface area contributed by atoms with E-state index in [0.29, 0.717) is 36.7 Å². The Morgan fingerprint density at radius 2 is 2.20 bits per heavy atom. The largest absolute Gasteiger partial charge is 0.456 e. The normalized spacial score (nSPS) is 25.6. The Balaban J connectivity index is 1.34. The molecule has 0 radical (unpaired) electrons. The number of aromatic nitrogens is 2. The molecule has 4 heterocycles. The summed E-state index contributed by atoms with van der Waals surface area (Å²) >= 11 is 0. The number of fused-ring (bicyclic) bond motifs is 1. The Hall–Kier alpha value is -2.41. The van der Waals surface area contributed by atoms with E-state index in [9.17, 15) is 4.79 Å². The zero-order valence-electron chi connectivity index (χ0n) is 14.2. The van der Waals surface area contributed by atoms with E-state index in [1.165, 1.54) is 0 Å². The van der Waals surface area contributed by atoms with E-state index in [2.05, 4.69) is 15.3 Å². The molecule has 1 amide bonds. The maximum Gasteiger partial charge on any atom is 0.289 e. The van der Waals surface area contributed by atoms with Gasteiger partial charge < -0.3 is 19.4 Å². The second-order valence-electron chi connectivity index (χ2n) is 6.70. The van der Waals surface area contributed by atoms with Crippen LogP contribution in [0, 0.1) is 18.8 Å². The van der Waals surface area contributed by atoms with Crippen molar-refractivity contribution < 1.29 is 13.9 Å². The van der Waals surface area contributed by atoms with E-state index in [1.54, 1.807) is 24.5 Å². The quantitative estimate of drug-likeness (QED) is 0.915. The van der Waals surface area contributed by atoms with Crippen molar-refractivity contribution in [3.05, 3.63) is 42.1 Å². The maximum atomic E-state index is 12.6. The fourth-order valence-corrected chi connectivity index (χ4v) is 3.77. The van der Waals surface area contributed by atoms with Crippen LogP contribution < -0.4 is 5.32 Å². The Bertz CT molecular complexity index is 733. The van der Waals surface area contributed by atoms with Gasteiger partial charge in [0.15, 0.2) is 5.76 Å². The summed E-state index contributed by atoms with van der Waals surface area (Å²) < 4.78 is 11.5. The van der Waals surface area contributed by atoms with Crippen LogP contribution in [-0.2, 0) is 4.74 Å². The molecule has 4 rings (SSSR count). The first-order chi connectivity index (χ1) is 12.2. The van der Waals surface area contributed by atoms with Crippen LogP contribution in [0.4, 0.5) is 5.95 Å². The van der Waals surface area contributed by atoms with Gasteiger partial charge in [-0.15, -0.1) is 0 Å². The van der Waals surface area contributed by atoms with Gasteiger partial charge in [-0.05, 0) is 37.5 Å². The third-order valence-corrected chi connectivity index (χ3v) is 5.06. The number of anilines is 1. The maximum absolute atomic E-state index is 12.6. The molecule has 2 fully saturated rings. The molecule has 0 bridgehead atoms. The lowest BCUT2D eigenvalue weighted by Gasteiger charge is -2.35. The third-order valence-electron chi connectivity index (χ3n) is 5.06. The summed E-state index contributed by atoms with van der Waals surface area (Å²) in [5.74, 6) is 2.61. The highest BCUT2D eigenvalue weighted by Gasteiger charge is 2.42. The number of carbonyl (C=O) groups excluding carboxylic acids is 1. The van der Waals surface area contributed by atoms with Gasteiger partial charge in [-0.1, -0.05) is 0 Å². The van der Waals surface area contributed by atoms with Crippen molar-refractivity contribution in [3.8, 4) is 0 Å². The minimum absolute atomic E-state index is 0.0224. The molecule has 2 aliphatic rings. The van der Waals surface area contributed by atoms with Gasteiger partial charge in [0.1, 0.15) is 5.76 Å². The number of rotatable bonds is 4. The van der Waals surface area contributed by atoms with Crippen LogP contribution in [0.3, 0.4) is 0 Å². The lowest BCUT2D eigenvalue weighted by molar-refractivity contribution is 0.0589. The summed E-state index contributed by atoms with van der Waals surface area (Å²) in [6.45, 7) is 4.69. The van der Waals surface area contributed by atoms with Crippen LogP contribution in [0.1, 0.15) is 22.7 Å². The number of hydrogen-bond acceptors (Lipinski definition) is 6. The number of aryl methyl sites for hydroxylation is 1. The van der Waals surface area contributed by atoms with Crippen molar-refractivity contribution in [2.75, 3.05) is 31.6 Å². The summed E-state index contributed by atoms with van der Waals surface area (Å²) in [7, 11) is 0. The van der Waals surface area contributed by atoms with E-state index in [1.807, 2.05) is 17.9 Å². The molecule has 7 heteroatoms. The summed E-state index contributed by atoms with van der Waals surface area (Å²) in [5, 5.41) is 3.24. The van der Waals surface area contributed by atoms with Crippen molar-refractivity contribution in [1.29, 1.82) is 0 Å². The van der Waals surface area contributed by atoms with E-state index in [0.717, 1.165) is 25.3 Å². The van der Waals surface area contributed by atoms with E-state index < -0.39 is 0 Å². The minimum atomic E-state index is -0.0224. The van der Waals surface area contributed by atoms with Gasteiger partial charge in [0.25, 0.3) is 5.91 Å². The molecule has 0 aromatic carbocycles. The number of piperidine rings is 1. The van der Waals surface area contributed by atoms with Crippen LogP contribution in [-0.4, -0.2) is 53.1 Å². The molecular formula is C18H22N4O3. The first-order valence-electron chi connectivity index (χ1n) is 8.69. The summed E-state index contributed by atoms with van der Waals surface area (Å²) in [6, 6.07) is 5.37. The summed E-state index contributed by atoms with van der Waals surface area (Å²) in [6.07, 6.45) is 4.51. The number of amides is 1. The molecule has 2 aromatic rings.